The summed E-state index contributed by atoms with van der Waals surface area (Å²) in [5.41, 5.74) is -0.688. The number of hydrogen-bond acceptors (Lipinski definition) is 3. The normalized spacial score (nSPS) is 18.1. The van der Waals surface area contributed by atoms with Gasteiger partial charge in [-0.15, -0.1) is 0 Å². The molecule has 0 radical (unpaired) electrons. The van der Waals surface area contributed by atoms with E-state index < -0.39 is 5.60 Å². The van der Waals surface area contributed by atoms with Gasteiger partial charge >= 0.3 is 6.09 Å². The van der Waals surface area contributed by atoms with Crippen LogP contribution in [-0.2, 0) is 4.74 Å². The molecular weight excluding hydrogens is 278 g/mol. The summed E-state index contributed by atoms with van der Waals surface area (Å²) >= 11 is 0. The lowest BCUT2D eigenvalue weighted by atomic mass is 9.74. The van der Waals surface area contributed by atoms with E-state index in [9.17, 15) is 9.90 Å². The molecule has 0 bridgehead atoms. The molecule has 0 heterocycles. The van der Waals surface area contributed by atoms with E-state index >= 15 is 0 Å². The third-order valence-corrected chi connectivity index (χ3v) is 4.64. The van der Waals surface area contributed by atoms with Crippen molar-refractivity contribution in [2.75, 3.05) is 13.2 Å². The quantitative estimate of drug-likeness (QED) is 0.673. The zero-order valence-electron chi connectivity index (χ0n) is 15.1. The van der Waals surface area contributed by atoms with E-state index in [-0.39, 0.29) is 18.1 Å². The highest BCUT2D eigenvalue weighted by molar-refractivity contribution is 5.67. The molecule has 1 fully saturated rings. The number of nitrogens with one attached hydrogen (secondary N) is 1. The minimum atomic E-state index is -0.488. The summed E-state index contributed by atoms with van der Waals surface area (Å²) in [6.07, 6.45) is 6.36. The number of aliphatic hydroxyl groups excluding tert-OH is 1. The molecular formula is C18H35NO3. The number of alkyl carbamates (subject to hydrolysis) is 1. The highest BCUT2D eigenvalue weighted by Crippen LogP contribution is 2.43. The first kappa shape index (κ1) is 19.3. The highest BCUT2D eigenvalue weighted by atomic mass is 16.6. The maximum Gasteiger partial charge on any atom is 0.407 e. The molecule has 1 rings (SSSR count). The molecule has 1 aliphatic carbocycles. The second-order valence-electron chi connectivity index (χ2n) is 8.05. The number of carbonyl (C=O) groups excluding carboxylic acids is 1. The molecule has 1 saturated carbocycles. The zero-order chi connectivity index (χ0) is 16.8. The number of ether oxygens (including phenoxy) is 1. The third-order valence-electron chi connectivity index (χ3n) is 4.64. The van der Waals surface area contributed by atoms with Crippen LogP contribution in [0.15, 0.2) is 0 Å². The Bertz CT molecular complexity index is 343. The fourth-order valence-electron chi connectivity index (χ4n) is 3.11. The molecule has 1 aliphatic rings. The third kappa shape index (κ3) is 6.99. The summed E-state index contributed by atoms with van der Waals surface area (Å²) in [6, 6.07) is 0. The van der Waals surface area contributed by atoms with Crippen molar-refractivity contribution < 1.29 is 14.6 Å². The Kier molecular flexibility index (Phi) is 7.17. The fourth-order valence-corrected chi connectivity index (χ4v) is 3.11. The molecule has 22 heavy (non-hydrogen) atoms. The van der Waals surface area contributed by atoms with E-state index in [1.807, 2.05) is 20.8 Å². The van der Waals surface area contributed by atoms with Crippen molar-refractivity contribution in [1.82, 2.24) is 5.32 Å². The summed E-state index contributed by atoms with van der Waals surface area (Å²) in [7, 11) is 0. The van der Waals surface area contributed by atoms with Crippen molar-refractivity contribution in [3.63, 3.8) is 0 Å². The van der Waals surface area contributed by atoms with Crippen LogP contribution in [0, 0.1) is 17.3 Å². The minimum absolute atomic E-state index is 0.135. The van der Waals surface area contributed by atoms with Gasteiger partial charge in [-0.3, -0.25) is 0 Å². The molecule has 4 nitrogen and oxygen atoms in total. The minimum Gasteiger partial charge on any atom is -0.444 e. The van der Waals surface area contributed by atoms with E-state index in [0.717, 1.165) is 31.6 Å². The molecule has 0 aliphatic heterocycles. The second-order valence-corrected chi connectivity index (χ2v) is 8.05. The van der Waals surface area contributed by atoms with E-state index in [1.165, 1.54) is 12.8 Å². The van der Waals surface area contributed by atoms with Gasteiger partial charge in [-0.1, -0.05) is 39.5 Å². The Labute approximate surface area is 136 Å². The van der Waals surface area contributed by atoms with Crippen molar-refractivity contribution in [3.8, 4) is 0 Å². The van der Waals surface area contributed by atoms with E-state index in [1.54, 1.807) is 0 Å². The van der Waals surface area contributed by atoms with E-state index in [4.69, 9.17) is 4.74 Å². The van der Waals surface area contributed by atoms with Gasteiger partial charge in [-0.25, -0.2) is 4.79 Å². The molecule has 0 spiro atoms. The van der Waals surface area contributed by atoms with Crippen molar-refractivity contribution in [2.45, 2.75) is 78.7 Å². The van der Waals surface area contributed by atoms with Crippen LogP contribution in [-0.4, -0.2) is 30.0 Å². The Morgan fingerprint density at radius 2 is 1.86 bits per heavy atom. The van der Waals surface area contributed by atoms with Gasteiger partial charge in [-0.05, 0) is 45.4 Å². The lowest BCUT2D eigenvalue weighted by Gasteiger charge is -2.35. The maximum absolute atomic E-state index is 11.9. The number of rotatable bonds is 9. The molecule has 2 N–H and O–H groups in total. The Balaban J connectivity index is 2.65. The predicted molar refractivity (Wildman–Crippen MR) is 89.8 cm³/mol. The average molecular weight is 313 g/mol. The van der Waals surface area contributed by atoms with Crippen molar-refractivity contribution >= 4 is 6.09 Å². The molecule has 0 saturated heterocycles. The largest absolute Gasteiger partial charge is 0.444 e. The van der Waals surface area contributed by atoms with Gasteiger partial charge in [0.05, 0.1) is 6.61 Å². The summed E-state index contributed by atoms with van der Waals surface area (Å²) in [5, 5.41) is 12.9. The smallest absolute Gasteiger partial charge is 0.407 e. The van der Waals surface area contributed by atoms with Crippen molar-refractivity contribution in [2.24, 2.45) is 17.3 Å². The van der Waals surface area contributed by atoms with E-state index in [0.29, 0.717) is 12.5 Å². The van der Waals surface area contributed by atoms with Crippen LogP contribution in [0.2, 0.25) is 0 Å². The van der Waals surface area contributed by atoms with Gasteiger partial charge in [0.25, 0.3) is 0 Å². The zero-order valence-corrected chi connectivity index (χ0v) is 15.1. The van der Waals surface area contributed by atoms with Gasteiger partial charge in [0.1, 0.15) is 5.60 Å². The van der Waals surface area contributed by atoms with Gasteiger partial charge in [0, 0.05) is 12.0 Å². The van der Waals surface area contributed by atoms with Gasteiger partial charge in [0.2, 0.25) is 0 Å². The SMILES string of the molecule is CCC(CC)CC(CO)(CNC(=O)OC(C)(C)C)CC1CC1. The standard InChI is InChI=1S/C18H35NO3/c1-6-14(7-2)10-18(13-20,11-15-8-9-15)12-19-16(21)22-17(3,4)5/h14-15,20H,6-13H2,1-5H3,(H,19,21). The van der Waals surface area contributed by atoms with Crippen LogP contribution in [0.4, 0.5) is 4.79 Å². The number of carbonyl (C=O) groups is 1. The Morgan fingerprint density at radius 3 is 2.27 bits per heavy atom. The molecule has 4 heteroatoms. The topological polar surface area (TPSA) is 58.6 Å². The molecule has 1 unspecified atom stereocenters. The molecule has 0 aromatic rings. The highest BCUT2D eigenvalue weighted by Gasteiger charge is 2.38. The van der Waals surface area contributed by atoms with E-state index in [2.05, 4.69) is 19.2 Å². The Hall–Kier alpha value is -0.770. The van der Waals surface area contributed by atoms with Crippen LogP contribution in [0.25, 0.3) is 0 Å². The fraction of sp³-hybridized carbons (Fsp3) is 0.944. The van der Waals surface area contributed by atoms with Gasteiger partial charge in [-0.2, -0.15) is 0 Å². The van der Waals surface area contributed by atoms with Crippen LogP contribution < -0.4 is 5.32 Å². The summed E-state index contributed by atoms with van der Waals surface area (Å²) in [5.74, 6) is 1.33. The average Bonchev–Trinajstić information content (AvgIpc) is 3.24. The van der Waals surface area contributed by atoms with Gasteiger partial charge < -0.3 is 15.2 Å². The molecule has 0 aromatic heterocycles. The lowest BCUT2D eigenvalue weighted by Crippen LogP contribution is -2.43. The first-order valence-electron chi connectivity index (χ1n) is 8.81. The number of aliphatic hydroxyl groups is 1. The first-order chi connectivity index (χ1) is 10.2. The number of hydrogen-bond donors (Lipinski definition) is 2. The summed E-state index contributed by atoms with van der Waals surface area (Å²) in [6.45, 7) is 10.6. The van der Waals surface area contributed by atoms with Crippen molar-refractivity contribution in [1.29, 1.82) is 0 Å². The molecule has 1 amide bonds. The predicted octanol–water partition coefficient (Wildman–Crippen LogP) is 4.12. The molecule has 130 valence electrons. The second kappa shape index (κ2) is 8.19. The van der Waals surface area contributed by atoms with Crippen LogP contribution >= 0.6 is 0 Å². The first-order valence-corrected chi connectivity index (χ1v) is 8.81. The van der Waals surface area contributed by atoms with Crippen molar-refractivity contribution in [3.05, 3.63) is 0 Å². The van der Waals surface area contributed by atoms with Crippen LogP contribution in [0.3, 0.4) is 0 Å². The van der Waals surface area contributed by atoms with Gasteiger partial charge in [0.15, 0.2) is 0 Å². The maximum atomic E-state index is 11.9. The number of amides is 1. The van der Waals surface area contributed by atoms with Crippen LogP contribution in [0.5, 0.6) is 0 Å². The lowest BCUT2D eigenvalue weighted by molar-refractivity contribution is 0.0402. The summed E-state index contributed by atoms with van der Waals surface area (Å²) in [4.78, 5) is 11.9. The molecule has 0 aromatic carbocycles. The summed E-state index contributed by atoms with van der Waals surface area (Å²) < 4.78 is 5.32. The molecule has 1 atom stereocenters. The Morgan fingerprint density at radius 1 is 1.27 bits per heavy atom. The monoisotopic (exact) mass is 313 g/mol. The van der Waals surface area contributed by atoms with Crippen LogP contribution in [0.1, 0.15) is 73.1 Å².